The van der Waals surface area contributed by atoms with Crippen LogP contribution in [0.2, 0.25) is 5.02 Å². The van der Waals surface area contributed by atoms with Gasteiger partial charge in [-0.15, -0.1) is 0 Å². The highest BCUT2D eigenvalue weighted by molar-refractivity contribution is 6.31. The first-order valence-corrected chi connectivity index (χ1v) is 5.51. The van der Waals surface area contributed by atoms with Gasteiger partial charge < -0.3 is 5.73 Å². The number of rotatable bonds is 3. The van der Waals surface area contributed by atoms with Gasteiger partial charge in [0.1, 0.15) is 5.82 Å². The van der Waals surface area contributed by atoms with E-state index >= 15 is 0 Å². The van der Waals surface area contributed by atoms with E-state index in [-0.39, 0.29) is 11.9 Å². The lowest BCUT2D eigenvalue weighted by molar-refractivity contribution is 0.487. The number of halogens is 2. The SMILES string of the molecule is Cc1ccc(Cl)c([C@H](N)CC(C)C)c1F. The molecule has 0 aliphatic heterocycles. The third-order valence-corrected chi connectivity index (χ3v) is 2.75. The summed E-state index contributed by atoms with van der Waals surface area (Å²) in [6.07, 6.45) is 0.736. The van der Waals surface area contributed by atoms with Gasteiger partial charge in [-0.1, -0.05) is 31.5 Å². The molecule has 2 N–H and O–H groups in total. The first-order chi connectivity index (χ1) is 6.93. The zero-order valence-corrected chi connectivity index (χ0v) is 10.1. The molecular formula is C12H17ClFN. The topological polar surface area (TPSA) is 26.0 Å². The summed E-state index contributed by atoms with van der Waals surface area (Å²) in [5, 5.41) is 0.422. The van der Waals surface area contributed by atoms with Crippen LogP contribution in [-0.2, 0) is 0 Å². The maximum absolute atomic E-state index is 13.8. The smallest absolute Gasteiger partial charge is 0.132 e. The van der Waals surface area contributed by atoms with Gasteiger partial charge in [0.05, 0.1) is 0 Å². The molecule has 1 aromatic carbocycles. The lowest BCUT2D eigenvalue weighted by atomic mass is 9.96. The fourth-order valence-electron chi connectivity index (χ4n) is 1.64. The first-order valence-electron chi connectivity index (χ1n) is 5.13. The maximum Gasteiger partial charge on any atom is 0.132 e. The van der Waals surface area contributed by atoms with Gasteiger partial charge in [0.15, 0.2) is 0 Å². The number of hydrogen-bond acceptors (Lipinski definition) is 1. The van der Waals surface area contributed by atoms with Crippen molar-refractivity contribution in [3.63, 3.8) is 0 Å². The Labute approximate surface area is 95.4 Å². The second kappa shape index (κ2) is 4.95. The summed E-state index contributed by atoms with van der Waals surface area (Å²) in [6.45, 7) is 5.83. The average molecular weight is 230 g/mol. The molecule has 0 radical (unpaired) electrons. The van der Waals surface area contributed by atoms with E-state index in [1.54, 1.807) is 19.1 Å². The summed E-state index contributed by atoms with van der Waals surface area (Å²) in [5.41, 5.74) is 6.98. The van der Waals surface area contributed by atoms with Crippen LogP contribution in [0.1, 0.15) is 37.4 Å². The van der Waals surface area contributed by atoms with Crippen molar-refractivity contribution in [3.05, 3.63) is 34.1 Å². The minimum atomic E-state index is -0.322. The molecule has 0 fully saturated rings. The van der Waals surface area contributed by atoms with Crippen LogP contribution in [-0.4, -0.2) is 0 Å². The molecule has 0 bridgehead atoms. The Morgan fingerprint density at radius 1 is 1.40 bits per heavy atom. The Kier molecular flexibility index (Phi) is 4.12. The van der Waals surface area contributed by atoms with E-state index in [9.17, 15) is 4.39 Å². The van der Waals surface area contributed by atoms with Crippen LogP contribution < -0.4 is 5.73 Å². The monoisotopic (exact) mass is 229 g/mol. The molecule has 0 aliphatic carbocycles. The molecule has 3 heteroatoms. The van der Waals surface area contributed by atoms with E-state index < -0.39 is 0 Å². The van der Waals surface area contributed by atoms with Crippen LogP contribution in [0.15, 0.2) is 12.1 Å². The minimum Gasteiger partial charge on any atom is -0.324 e. The summed E-state index contributed by atoms with van der Waals surface area (Å²) >= 11 is 5.96. The standard InChI is InChI=1S/C12H17ClFN/c1-7(2)6-10(15)11-9(13)5-4-8(3)12(11)14/h4-5,7,10H,6,15H2,1-3H3/t10-/m1/s1. The first kappa shape index (κ1) is 12.5. The summed E-state index contributed by atoms with van der Waals surface area (Å²) in [6, 6.07) is 3.05. The second-order valence-corrected chi connectivity index (χ2v) is 4.74. The highest BCUT2D eigenvalue weighted by atomic mass is 35.5. The molecule has 1 rings (SSSR count). The average Bonchev–Trinajstić information content (AvgIpc) is 2.11. The molecule has 0 saturated heterocycles. The fraction of sp³-hybridized carbons (Fsp3) is 0.500. The minimum absolute atomic E-state index is 0.268. The van der Waals surface area contributed by atoms with Gasteiger partial charge in [0.2, 0.25) is 0 Å². The fourth-order valence-corrected chi connectivity index (χ4v) is 1.93. The second-order valence-electron chi connectivity index (χ2n) is 4.33. The largest absolute Gasteiger partial charge is 0.324 e. The number of aryl methyl sites for hydroxylation is 1. The molecule has 0 heterocycles. The quantitative estimate of drug-likeness (QED) is 0.838. The molecule has 84 valence electrons. The third-order valence-electron chi connectivity index (χ3n) is 2.42. The molecule has 0 aromatic heterocycles. The highest BCUT2D eigenvalue weighted by Crippen LogP contribution is 2.29. The van der Waals surface area contributed by atoms with Crippen LogP contribution >= 0.6 is 11.6 Å². The Hall–Kier alpha value is -0.600. The zero-order chi connectivity index (χ0) is 11.6. The van der Waals surface area contributed by atoms with Crippen molar-refractivity contribution < 1.29 is 4.39 Å². The van der Waals surface area contributed by atoms with Gasteiger partial charge in [0.25, 0.3) is 0 Å². The Balaban J connectivity index is 3.07. The maximum atomic E-state index is 13.8. The van der Waals surface area contributed by atoms with E-state index in [0.29, 0.717) is 22.1 Å². The van der Waals surface area contributed by atoms with Crippen molar-refractivity contribution in [1.82, 2.24) is 0 Å². The van der Waals surface area contributed by atoms with Gasteiger partial charge >= 0.3 is 0 Å². The van der Waals surface area contributed by atoms with Crippen LogP contribution in [0.3, 0.4) is 0 Å². The van der Waals surface area contributed by atoms with Crippen molar-refractivity contribution in [2.75, 3.05) is 0 Å². The van der Waals surface area contributed by atoms with E-state index in [1.807, 2.05) is 0 Å². The van der Waals surface area contributed by atoms with Crippen molar-refractivity contribution in [3.8, 4) is 0 Å². The summed E-state index contributed by atoms with van der Waals surface area (Å²) in [4.78, 5) is 0. The van der Waals surface area contributed by atoms with E-state index in [1.165, 1.54) is 0 Å². The van der Waals surface area contributed by atoms with Crippen molar-refractivity contribution in [2.24, 2.45) is 11.7 Å². The molecule has 0 spiro atoms. The predicted octanol–water partition coefficient (Wildman–Crippen LogP) is 3.83. The summed E-state index contributed by atoms with van der Waals surface area (Å²) < 4.78 is 13.8. The van der Waals surface area contributed by atoms with E-state index in [4.69, 9.17) is 17.3 Å². The van der Waals surface area contributed by atoms with Gasteiger partial charge in [0, 0.05) is 16.6 Å². The Morgan fingerprint density at radius 3 is 2.53 bits per heavy atom. The van der Waals surface area contributed by atoms with Gasteiger partial charge in [-0.25, -0.2) is 4.39 Å². The predicted molar refractivity (Wildman–Crippen MR) is 62.5 cm³/mol. The highest BCUT2D eigenvalue weighted by Gasteiger charge is 2.17. The lowest BCUT2D eigenvalue weighted by Gasteiger charge is -2.17. The number of nitrogens with two attached hydrogens (primary N) is 1. The molecule has 0 amide bonds. The molecular weight excluding hydrogens is 213 g/mol. The summed E-state index contributed by atoms with van der Waals surface area (Å²) in [7, 11) is 0. The van der Waals surface area contributed by atoms with Crippen LogP contribution in [0.4, 0.5) is 4.39 Å². The van der Waals surface area contributed by atoms with Crippen molar-refractivity contribution in [2.45, 2.75) is 33.2 Å². The molecule has 0 aliphatic rings. The molecule has 1 aromatic rings. The zero-order valence-electron chi connectivity index (χ0n) is 9.35. The van der Waals surface area contributed by atoms with Gasteiger partial charge in [-0.2, -0.15) is 0 Å². The van der Waals surface area contributed by atoms with Crippen LogP contribution in [0, 0.1) is 18.7 Å². The van der Waals surface area contributed by atoms with E-state index in [0.717, 1.165) is 6.42 Å². The molecule has 0 unspecified atom stereocenters. The van der Waals surface area contributed by atoms with Crippen molar-refractivity contribution in [1.29, 1.82) is 0 Å². The third kappa shape index (κ3) is 2.93. The molecule has 1 atom stereocenters. The van der Waals surface area contributed by atoms with E-state index in [2.05, 4.69) is 13.8 Å². The molecule has 0 saturated carbocycles. The van der Waals surface area contributed by atoms with Crippen LogP contribution in [0.25, 0.3) is 0 Å². The van der Waals surface area contributed by atoms with Crippen molar-refractivity contribution >= 4 is 11.6 Å². The molecule has 15 heavy (non-hydrogen) atoms. The molecule has 1 nitrogen and oxygen atoms in total. The Morgan fingerprint density at radius 2 is 2.00 bits per heavy atom. The normalized spacial score (nSPS) is 13.3. The van der Waals surface area contributed by atoms with Crippen LogP contribution in [0.5, 0.6) is 0 Å². The number of benzene rings is 1. The van der Waals surface area contributed by atoms with Gasteiger partial charge in [-0.3, -0.25) is 0 Å². The summed E-state index contributed by atoms with van der Waals surface area (Å²) in [5.74, 6) is 0.159. The number of hydrogen-bond donors (Lipinski definition) is 1. The Bertz CT molecular complexity index is 350. The lowest BCUT2D eigenvalue weighted by Crippen LogP contribution is -2.15. The van der Waals surface area contributed by atoms with Gasteiger partial charge in [-0.05, 0) is 30.9 Å².